The third-order valence-electron chi connectivity index (χ3n) is 4.70. The second-order valence-corrected chi connectivity index (χ2v) is 5.93. The van der Waals surface area contributed by atoms with Crippen molar-refractivity contribution < 1.29 is 5.11 Å². The van der Waals surface area contributed by atoms with Crippen LogP contribution in [-0.2, 0) is 0 Å². The highest BCUT2D eigenvalue weighted by Gasteiger charge is 2.28. The Kier molecular flexibility index (Phi) is 4.83. The number of rotatable bonds is 4. The van der Waals surface area contributed by atoms with E-state index in [0.717, 1.165) is 18.9 Å². The van der Waals surface area contributed by atoms with E-state index in [1.807, 2.05) is 0 Å². The summed E-state index contributed by atoms with van der Waals surface area (Å²) in [5, 5.41) is 13.5. The molecule has 2 aliphatic rings. The van der Waals surface area contributed by atoms with Crippen molar-refractivity contribution in [1.29, 1.82) is 0 Å². The van der Waals surface area contributed by atoms with E-state index in [2.05, 4.69) is 24.1 Å². The van der Waals surface area contributed by atoms with Gasteiger partial charge in [0.2, 0.25) is 0 Å². The average Bonchev–Trinajstić information content (AvgIpc) is 2.73. The molecule has 100 valence electrons. The van der Waals surface area contributed by atoms with Crippen molar-refractivity contribution in [2.45, 2.75) is 51.7 Å². The lowest BCUT2D eigenvalue weighted by Crippen LogP contribution is -2.49. The summed E-state index contributed by atoms with van der Waals surface area (Å²) in [6.45, 7) is 9.24. The molecular weight excluding hydrogens is 212 g/mol. The molecule has 17 heavy (non-hydrogen) atoms. The number of aliphatic hydroxyl groups is 1. The van der Waals surface area contributed by atoms with Gasteiger partial charge in [0.25, 0.3) is 0 Å². The zero-order valence-electron chi connectivity index (χ0n) is 11.4. The minimum absolute atomic E-state index is 0.0477. The van der Waals surface area contributed by atoms with Crippen LogP contribution in [0.25, 0.3) is 0 Å². The van der Waals surface area contributed by atoms with Crippen LogP contribution in [0.5, 0.6) is 0 Å². The Morgan fingerprint density at radius 1 is 1.29 bits per heavy atom. The number of piperidine rings is 1. The van der Waals surface area contributed by atoms with Gasteiger partial charge in [-0.2, -0.15) is 0 Å². The third-order valence-corrected chi connectivity index (χ3v) is 4.70. The first-order valence-electron chi connectivity index (χ1n) is 7.34. The number of nitrogens with one attached hydrogen (secondary N) is 1. The fraction of sp³-hybridized carbons (Fsp3) is 1.00. The molecule has 0 aromatic heterocycles. The van der Waals surface area contributed by atoms with Crippen LogP contribution < -0.4 is 5.32 Å². The first-order valence-corrected chi connectivity index (χ1v) is 7.34. The van der Waals surface area contributed by atoms with Crippen molar-refractivity contribution in [3.63, 3.8) is 0 Å². The molecule has 1 aliphatic carbocycles. The van der Waals surface area contributed by atoms with E-state index in [1.54, 1.807) is 0 Å². The van der Waals surface area contributed by atoms with Gasteiger partial charge in [0.05, 0.1) is 6.10 Å². The molecule has 1 saturated heterocycles. The molecule has 0 aromatic rings. The first kappa shape index (κ1) is 13.3. The monoisotopic (exact) mass is 240 g/mol. The van der Waals surface area contributed by atoms with Crippen LogP contribution in [0.4, 0.5) is 0 Å². The van der Waals surface area contributed by atoms with Crippen LogP contribution in [0.1, 0.15) is 39.5 Å². The maximum absolute atomic E-state index is 9.82. The smallest absolute Gasteiger partial charge is 0.0580 e. The molecule has 1 heterocycles. The summed E-state index contributed by atoms with van der Waals surface area (Å²) in [6, 6.07) is 0.658. The van der Waals surface area contributed by atoms with E-state index in [0.29, 0.717) is 12.0 Å². The van der Waals surface area contributed by atoms with Crippen LogP contribution in [-0.4, -0.2) is 48.3 Å². The highest BCUT2D eigenvalue weighted by molar-refractivity contribution is 4.85. The minimum Gasteiger partial charge on any atom is -0.393 e. The zero-order chi connectivity index (χ0) is 12.3. The van der Waals surface area contributed by atoms with Crippen molar-refractivity contribution in [2.24, 2.45) is 11.8 Å². The van der Waals surface area contributed by atoms with Crippen molar-refractivity contribution in [3.05, 3.63) is 0 Å². The summed E-state index contributed by atoms with van der Waals surface area (Å²) in [4.78, 5) is 2.53. The van der Waals surface area contributed by atoms with Crippen molar-refractivity contribution in [1.82, 2.24) is 10.2 Å². The van der Waals surface area contributed by atoms with Crippen molar-refractivity contribution >= 4 is 0 Å². The number of nitrogens with zero attached hydrogens (tertiary/aromatic N) is 1. The first-order chi connectivity index (χ1) is 8.20. The number of hydrogen-bond acceptors (Lipinski definition) is 3. The second-order valence-electron chi connectivity index (χ2n) is 5.93. The fourth-order valence-corrected chi connectivity index (χ4v) is 3.38. The van der Waals surface area contributed by atoms with Gasteiger partial charge >= 0.3 is 0 Å². The Balaban J connectivity index is 1.72. The lowest BCUT2D eigenvalue weighted by molar-refractivity contribution is 0.115. The van der Waals surface area contributed by atoms with Crippen molar-refractivity contribution in [2.75, 3.05) is 26.2 Å². The largest absolute Gasteiger partial charge is 0.393 e. The molecule has 3 heteroatoms. The molecule has 2 fully saturated rings. The van der Waals surface area contributed by atoms with E-state index in [1.165, 1.54) is 38.9 Å². The molecule has 0 radical (unpaired) electrons. The summed E-state index contributed by atoms with van der Waals surface area (Å²) in [6.07, 6.45) is 4.63. The van der Waals surface area contributed by atoms with Gasteiger partial charge in [-0.15, -0.1) is 0 Å². The van der Waals surface area contributed by atoms with E-state index in [4.69, 9.17) is 0 Å². The predicted octanol–water partition coefficient (Wildman–Crippen LogP) is 1.47. The van der Waals surface area contributed by atoms with Gasteiger partial charge in [0.1, 0.15) is 0 Å². The summed E-state index contributed by atoms with van der Waals surface area (Å²) < 4.78 is 0. The fourth-order valence-electron chi connectivity index (χ4n) is 3.38. The van der Waals surface area contributed by atoms with Gasteiger partial charge in [0, 0.05) is 19.1 Å². The Labute approximate surface area is 106 Å². The molecule has 2 N–H and O–H groups in total. The molecule has 4 atom stereocenters. The quantitative estimate of drug-likeness (QED) is 0.781. The molecular formula is C14H28N2O. The Hall–Kier alpha value is -0.120. The van der Waals surface area contributed by atoms with Gasteiger partial charge in [-0.1, -0.05) is 20.3 Å². The Bertz CT molecular complexity index is 234. The molecule has 3 nitrogen and oxygen atoms in total. The molecule has 4 unspecified atom stereocenters. The van der Waals surface area contributed by atoms with Gasteiger partial charge in [-0.05, 0) is 44.2 Å². The second kappa shape index (κ2) is 6.17. The molecule has 0 spiro atoms. The number of aliphatic hydroxyl groups excluding tert-OH is 1. The summed E-state index contributed by atoms with van der Waals surface area (Å²) in [7, 11) is 0. The normalized spacial score (nSPS) is 39.7. The third kappa shape index (κ3) is 3.43. The standard InChI is InChI=1S/C14H28N2O/c1-3-16-8-7-13(11(2)10-16)15-9-12-5-4-6-14(12)17/h11-15,17H,3-10H2,1-2H3. The Morgan fingerprint density at radius 2 is 2.12 bits per heavy atom. The topological polar surface area (TPSA) is 35.5 Å². The lowest BCUT2D eigenvalue weighted by atomic mass is 9.93. The van der Waals surface area contributed by atoms with Crippen LogP contribution in [0.2, 0.25) is 0 Å². The van der Waals surface area contributed by atoms with Crippen LogP contribution in [0, 0.1) is 11.8 Å². The number of likely N-dealkylation sites (tertiary alicyclic amines) is 1. The molecule has 0 amide bonds. The summed E-state index contributed by atoms with van der Waals surface area (Å²) in [5.74, 6) is 1.24. The van der Waals surface area contributed by atoms with Crippen LogP contribution in [0.3, 0.4) is 0 Å². The average molecular weight is 240 g/mol. The zero-order valence-corrected chi connectivity index (χ0v) is 11.4. The maximum Gasteiger partial charge on any atom is 0.0580 e. The molecule has 0 bridgehead atoms. The van der Waals surface area contributed by atoms with Crippen LogP contribution in [0.15, 0.2) is 0 Å². The highest BCUT2D eigenvalue weighted by Crippen LogP contribution is 2.25. The molecule has 1 saturated carbocycles. The SMILES string of the molecule is CCN1CCC(NCC2CCCC2O)C(C)C1. The molecule has 2 rings (SSSR count). The summed E-state index contributed by atoms with van der Waals surface area (Å²) in [5.41, 5.74) is 0. The van der Waals surface area contributed by atoms with E-state index >= 15 is 0 Å². The van der Waals surface area contributed by atoms with Gasteiger partial charge in [-0.25, -0.2) is 0 Å². The van der Waals surface area contributed by atoms with E-state index in [-0.39, 0.29) is 6.10 Å². The summed E-state index contributed by atoms with van der Waals surface area (Å²) >= 11 is 0. The maximum atomic E-state index is 9.82. The minimum atomic E-state index is -0.0477. The molecule has 0 aromatic carbocycles. The number of hydrogen-bond donors (Lipinski definition) is 2. The van der Waals surface area contributed by atoms with E-state index in [9.17, 15) is 5.11 Å². The van der Waals surface area contributed by atoms with E-state index < -0.39 is 0 Å². The predicted molar refractivity (Wildman–Crippen MR) is 71.0 cm³/mol. The van der Waals surface area contributed by atoms with Gasteiger partial charge < -0.3 is 15.3 Å². The molecule has 1 aliphatic heterocycles. The Morgan fingerprint density at radius 3 is 2.71 bits per heavy atom. The lowest BCUT2D eigenvalue weighted by Gasteiger charge is -2.37. The van der Waals surface area contributed by atoms with Gasteiger partial charge in [-0.3, -0.25) is 0 Å². The van der Waals surface area contributed by atoms with Crippen LogP contribution >= 0.6 is 0 Å². The van der Waals surface area contributed by atoms with Crippen molar-refractivity contribution in [3.8, 4) is 0 Å². The van der Waals surface area contributed by atoms with Gasteiger partial charge in [0.15, 0.2) is 0 Å². The highest BCUT2D eigenvalue weighted by atomic mass is 16.3.